The second-order valence-corrected chi connectivity index (χ2v) is 10.9. The highest BCUT2D eigenvalue weighted by Gasteiger charge is 2.34. The summed E-state index contributed by atoms with van der Waals surface area (Å²) >= 11 is 1.50. The number of fused-ring (bicyclic) bond motifs is 1. The molecule has 2 aromatic heterocycles. The third-order valence-corrected chi connectivity index (χ3v) is 7.77. The molecule has 212 valence electrons. The number of ether oxygens (including phenoxy) is 1. The van der Waals surface area contributed by atoms with Gasteiger partial charge in [0.25, 0.3) is 0 Å². The van der Waals surface area contributed by atoms with Gasteiger partial charge in [0.2, 0.25) is 17.8 Å². The molecule has 6 rings (SSSR count). The number of carbonyl (C=O) groups is 1. The summed E-state index contributed by atoms with van der Waals surface area (Å²) in [5.41, 5.74) is 3.02. The van der Waals surface area contributed by atoms with Crippen molar-refractivity contribution in [1.82, 2.24) is 15.0 Å². The molecule has 1 fully saturated rings. The smallest absolute Gasteiger partial charge is 0.336 e. The van der Waals surface area contributed by atoms with Gasteiger partial charge in [-0.25, -0.2) is 9.18 Å². The lowest BCUT2D eigenvalue weighted by atomic mass is 10.1. The van der Waals surface area contributed by atoms with Crippen LogP contribution in [0, 0.1) is 12.7 Å². The van der Waals surface area contributed by atoms with Crippen molar-refractivity contribution >= 4 is 51.9 Å². The Morgan fingerprint density at radius 3 is 2.50 bits per heavy atom. The van der Waals surface area contributed by atoms with Gasteiger partial charge in [-0.15, -0.1) is 11.8 Å². The van der Waals surface area contributed by atoms with E-state index < -0.39 is 5.63 Å². The first-order chi connectivity index (χ1) is 20.2. The minimum atomic E-state index is -0.441. The van der Waals surface area contributed by atoms with Gasteiger partial charge in [-0.3, -0.25) is 9.69 Å². The van der Waals surface area contributed by atoms with E-state index in [0.29, 0.717) is 28.7 Å². The summed E-state index contributed by atoms with van der Waals surface area (Å²) < 4.78 is 24.7. The van der Waals surface area contributed by atoms with Crippen molar-refractivity contribution in [2.24, 2.45) is 0 Å². The number of thioether (sulfide) groups is 1. The number of anilines is 4. The zero-order valence-electron chi connectivity index (χ0n) is 22.9. The zero-order chi connectivity index (χ0) is 29.4. The van der Waals surface area contributed by atoms with Crippen molar-refractivity contribution in [2.75, 3.05) is 35.0 Å². The number of hydrogen-bond donors (Lipinski definition) is 1. The fourth-order valence-electron chi connectivity index (χ4n) is 4.53. The van der Waals surface area contributed by atoms with Crippen LogP contribution in [0.4, 0.5) is 27.7 Å². The maximum Gasteiger partial charge on any atom is 0.336 e. The Morgan fingerprint density at radius 2 is 1.76 bits per heavy atom. The van der Waals surface area contributed by atoms with Crippen LogP contribution in [0.25, 0.3) is 11.0 Å². The van der Waals surface area contributed by atoms with Gasteiger partial charge < -0.3 is 19.4 Å². The highest BCUT2D eigenvalue weighted by Crippen LogP contribution is 2.42. The molecule has 0 aliphatic carbocycles. The number of nitrogens with zero attached hydrogens (tertiary/aromatic N) is 5. The molecule has 1 aliphatic heterocycles. The minimum Gasteiger partial charge on any atom is -0.424 e. The van der Waals surface area contributed by atoms with E-state index in [4.69, 9.17) is 9.15 Å². The van der Waals surface area contributed by atoms with Gasteiger partial charge in [0.05, 0.1) is 5.75 Å². The predicted molar refractivity (Wildman–Crippen MR) is 160 cm³/mol. The van der Waals surface area contributed by atoms with Crippen molar-refractivity contribution in [1.29, 1.82) is 0 Å². The van der Waals surface area contributed by atoms with Crippen LogP contribution in [0.2, 0.25) is 0 Å². The Bertz CT molecular complexity index is 1850. The number of halogens is 1. The maximum absolute atomic E-state index is 13.4. The molecule has 1 unspecified atom stereocenters. The highest BCUT2D eigenvalue weighted by atomic mass is 32.2. The van der Waals surface area contributed by atoms with Crippen LogP contribution in [-0.2, 0) is 4.79 Å². The molecule has 1 N–H and O–H groups in total. The average molecular weight is 585 g/mol. The maximum atomic E-state index is 13.4. The Hall–Kier alpha value is -4.97. The molecule has 1 saturated heterocycles. The quantitative estimate of drug-likeness (QED) is 0.235. The molecule has 3 heterocycles. The SMILES string of the molecule is Cc1cc(=O)oc2cc(Oc3nc(Nc4ccc(N5C(=O)CSC5c5ccc(F)cc5)cc4)nc(N(C)C)n3)ccc12. The van der Waals surface area contributed by atoms with E-state index in [1.54, 1.807) is 48.2 Å². The van der Waals surface area contributed by atoms with E-state index in [-0.39, 0.29) is 29.1 Å². The summed E-state index contributed by atoms with van der Waals surface area (Å²) in [6.45, 7) is 1.84. The zero-order valence-corrected chi connectivity index (χ0v) is 23.7. The largest absolute Gasteiger partial charge is 0.424 e. The van der Waals surface area contributed by atoms with Crippen molar-refractivity contribution in [2.45, 2.75) is 12.3 Å². The third-order valence-electron chi connectivity index (χ3n) is 6.56. The molecule has 1 atom stereocenters. The molecule has 0 radical (unpaired) electrons. The van der Waals surface area contributed by atoms with Crippen LogP contribution in [0.15, 0.2) is 82.0 Å². The normalized spacial score (nSPS) is 14.8. The summed E-state index contributed by atoms with van der Waals surface area (Å²) in [5, 5.41) is 3.73. The molecule has 5 aromatic rings. The lowest BCUT2D eigenvalue weighted by molar-refractivity contribution is -0.115. The van der Waals surface area contributed by atoms with Crippen LogP contribution >= 0.6 is 11.8 Å². The van der Waals surface area contributed by atoms with Crippen LogP contribution < -0.4 is 25.5 Å². The van der Waals surface area contributed by atoms with Gasteiger partial charge in [-0.1, -0.05) is 12.1 Å². The topological polar surface area (TPSA) is 114 Å². The number of carbonyl (C=O) groups excluding carboxylic acids is 1. The van der Waals surface area contributed by atoms with Gasteiger partial charge in [-0.05, 0) is 66.6 Å². The minimum absolute atomic E-state index is 0.0203. The fraction of sp³-hybridized carbons (Fsp3) is 0.167. The van der Waals surface area contributed by atoms with Crippen LogP contribution in [0.5, 0.6) is 11.8 Å². The molecular formula is C30H25FN6O4S. The molecule has 12 heteroatoms. The molecule has 42 heavy (non-hydrogen) atoms. The summed E-state index contributed by atoms with van der Waals surface area (Å²) in [7, 11) is 3.60. The summed E-state index contributed by atoms with van der Waals surface area (Å²) in [4.78, 5) is 41.3. The van der Waals surface area contributed by atoms with Crippen LogP contribution in [0.3, 0.4) is 0 Å². The molecule has 1 aliphatic rings. The highest BCUT2D eigenvalue weighted by molar-refractivity contribution is 8.00. The van der Waals surface area contributed by atoms with Crippen molar-refractivity contribution < 1.29 is 18.3 Å². The van der Waals surface area contributed by atoms with E-state index in [1.807, 2.05) is 37.3 Å². The number of rotatable bonds is 7. The van der Waals surface area contributed by atoms with Gasteiger partial charge in [0.1, 0.15) is 22.5 Å². The number of aromatic nitrogens is 3. The summed E-state index contributed by atoms with van der Waals surface area (Å²) in [6, 6.07) is 20.2. The van der Waals surface area contributed by atoms with Crippen molar-refractivity contribution in [3.05, 3.63) is 100 Å². The van der Waals surface area contributed by atoms with Crippen molar-refractivity contribution in [3.8, 4) is 11.8 Å². The third kappa shape index (κ3) is 5.61. The van der Waals surface area contributed by atoms with Crippen LogP contribution in [0.1, 0.15) is 16.5 Å². The lowest BCUT2D eigenvalue weighted by Crippen LogP contribution is -2.27. The van der Waals surface area contributed by atoms with Gasteiger partial charge in [0, 0.05) is 43.0 Å². The predicted octanol–water partition coefficient (Wildman–Crippen LogP) is 5.81. The van der Waals surface area contributed by atoms with E-state index in [9.17, 15) is 14.0 Å². The van der Waals surface area contributed by atoms with Gasteiger partial charge in [0.15, 0.2) is 0 Å². The monoisotopic (exact) mass is 584 g/mol. The van der Waals surface area contributed by atoms with Crippen LogP contribution in [-0.4, -0.2) is 40.7 Å². The number of benzene rings is 3. The van der Waals surface area contributed by atoms with Gasteiger partial charge >= 0.3 is 11.6 Å². The number of aryl methyl sites for hydroxylation is 1. The Labute approximate surface area is 244 Å². The first kappa shape index (κ1) is 27.2. The standard InChI is InChI=1S/C30H25FN6O4S/c1-17-14-26(39)41-24-15-22(12-13-23(17)24)40-30-34-28(33-29(35-30)36(2)3)32-20-8-10-21(11-9-20)37-25(38)16-42-27(37)18-4-6-19(31)7-5-18/h4-15,27H,16H2,1-3H3,(H,32,33,34,35). The molecule has 0 bridgehead atoms. The first-order valence-electron chi connectivity index (χ1n) is 13.0. The molecule has 0 saturated carbocycles. The van der Waals surface area contributed by atoms with Crippen molar-refractivity contribution in [3.63, 3.8) is 0 Å². The molecular weight excluding hydrogens is 559 g/mol. The second kappa shape index (κ2) is 11.1. The van der Waals surface area contributed by atoms with E-state index in [0.717, 1.165) is 22.2 Å². The number of nitrogens with one attached hydrogen (secondary N) is 1. The molecule has 3 aromatic carbocycles. The fourth-order valence-corrected chi connectivity index (χ4v) is 5.71. The summed E-state index contributed by atoms with van der Waals surface area (Å²) in [5.74, 6) is 1.01. The average Bonchev–Trinajstić information content (AvgIpc) is 3.34. The Kier molecular flexibility index (Phi) is 7.21. The Morgan fingerprint density at radius 1 is 1.00 bits per heavy atom. The lowest BCUT2D eigenvalue weighted by Gasteiger charge is -2.24. The van der Waals surface area contributed by atoms with E-state index in [2.05, 4.69) is 20.3 Å². The Balaban J connectivity index is 1.24. The number of amides is 1. The molecule has 0 spiro atoms. The van der Waals surface area contributed by atoms with Gasteiger partial charge in [-0.2, -0.15) is 15.0 Å². The second-order valence-electron chi connectivity index (χ2n) is 9.80. The molecule has 1 amide bonds. The van der Waals surface area contributed by atoms with E-state index >= 15 is 0 Å². The van der Waals surface area contributed by atoms with E-state index in [1.165, 1.54) is 30.0 Å². The first-order valence-corrected chi connectivity index (χ1v) is 14.0. The number of hydrogen-bond acceptors (Lipinski definition) is 10. The molecule has 10 nitrogen and oxygen atoms in total. The summed E-state index contributed by atoms with van der Waals surface area (Å²) in [6.07, 6.45) is 0.